The molecule has 0 bridgehead atoms. The minimum absolute atomic E-state index is 0.0462. The highest BCUT2D eigenvalue weighted by Crippen LogP contribution is 2.31. The van der Waals surface area contributed by atoms with Crippen molar-refractivity contribution in [3.63, 3.8) is 0 Å². The van der Waals surface area contributed by atoms with Crippen LogP contribution < -0.4 is 5.73 Å². The summed E-state index contributed by atoms with van der Waals surface area (Å²) in [6.07, 6.45) is 0. The van der Waals surface area contributed by atoms with Crippen molar-refractivity contribution in [2.75, 3.05) is 6.61 Å². The molecule has 4 heteroatoms. The van der Waals surface area contributed by atoms with Gasteiger partial charge in [0, 0.05) is 10.4 Å². The van der Waals surface area contributed by atoms with Crippen LogP contribution >= 0.6 is 11.3 Å². The van der Waals surface area contributed by atoms with Crippen LogP contribution in [0.25, 0.3) is 10.6 Å². The highest BCUT2D eigenvalue weighted by Gasteiger charge is 2.15. The van der Waals surface area contributed by atoms with E-state index in [1.807, 2.05) is 6.92 Å². The zero-order valence-electron chi connectivity index (χ0n) is 10.9. The summed E-state index contributed by atoms with van der Waals surface area (Å²) in [5.74, 6) is 0. The Morgan fingerprint density at radius 1 is 1.28 bits per heavy atom. The van der Waals surface area contributed by atoms with Gasteiger partial charge in [0.05, 0.1) is 18.3 Å². The van der Waals surface area contributed by atoms with Crippen molar-refractivity contribution in [2.24, 2.45) is 5.73 Å². The van der Waals surface area contributed by atoms with E-state index < -0.39 is 0 Å². The summed E-state index contributed by atoms with van der Waals surface area (Å²) in [6, 6.07) is 5.99. The van der Waals surface area contributed by atoms with Crippen LogP contribution in [0.4, 0.5) is 0 Å². The summed E-state index contributed by atoms with van der Waals surface area (Å²) in [4.78, 5) is 5.51. The molecule has 1 unspecified atom stereocenters. The lowest BCUT2D eigenvalue weighted by atomic mass is 10.1. The Kier molecular flexibility index (Phi) is 3.80. The number of aryl methyl sites for hydroxylation is 3. The van der Waals surface area contributed by atoms with E-state index in [-0.39, 0.29) is 12.6 Å². The number of nitrogens with zero attached hydrogens (tertiary/aromatic N) is 1. The third kappa shape index (κ3) is 2.46. The molecule has 0 aliphatic heterocycles. The SMILES string of the molecule is Cc1ccc(-c2nc(C)c(C(N)CO)s2)cc1C. The molecule has 0 saturated heterocycles. The average Bonchev–Trinajstić information content (AvgIpc) is 2.74. The number of nitrogens with two attached hydrogens (primary N) is 1. The van der Waals surface area contributed by atoms with Crippen molar-refractivity contribution in [1.29, 1.82) is 0 Å². The maximum atomic E-state index is 9.13. The van der Waals surface area contributed by atoms with Crippen LogP contribution in [0.1, 0.15) is 27.7 Å². The molecule has 1 heterocycles. The number of rotatable bonds is 3. The first-order chi connectivity index (χ1) is 8.52. The predicted molar refractivity (Wildman–Crippen MR) is 75.8 cm³/mol. The predicted octanol–water partition coefficient (Wildman–Crippen LogP) is 2.73. The van der Waals surface area contributed by atoms with Crippen LogP contribution in [-0.2, 0) is 0 Å². The Balaban J connectivity index is 2.42. The maximum Gasteiger partial charge on any atom is 0.123 e. The molecular weight excluding hydrogens is 244 g/mol. The highest BCUT2D eigenvalue weighted by molar-refractivity contribution is 7.15. The molecule has 3 N–H and O–H groups in total. The van der Waals surface area contributed by atoms with E-state index in [0.717, 1.165) is 21.1 Å². The molecule has 0 radical (unpaired) electrons. The summed E-state index contributed by atoms with van der Waals surface area (Å²) in [5.41, 5.74) is 10.4. The Labute approximate surface area is 111 Å². The van der Waals surface area contributed by atoms with Gasteiger partial charge in [-0.25, -0.2) is 4.98 Å². The summed E-state index contributed by atoms with van der Waals surface area (Å²) in [5, 5.41) is 10.1. The number of aliphatic hydroxyl groups is 1. The van der Waals surface area contributed by atoms with Gasteiger partial charge in [0.25, 0.3) is 0 Å². The van der Waals surface area contributed by atoms with Crippen molar-refractivity contribution in [3.8, 4) is 10.6 Å². The van der Waals surface area contributed by atoms with Gasteiger partial charge in [-0.1, -0.05) is 12.1 Å². The third-order valence-electron chi connectivity index (χ3n) is 3.12. The van der Waals surface area contributed by atoms with Crippen LogP contribution in [0, 0.1) is 20.8 Å². The molecule has 1 aromatic carbocycles. The Morgan fingerprint density at radius 3 is 2.61 bits per heavy atom. The van der Waals surface area contributed by atoms with Gasteiger partial charge in [-0.05, 0) is 38.0 Å². The second-order valence-corrected chi connectivity index (χ2v) is 5.59. The van der Waals surface area contributed by atoms with Crippen LogP contribution in [0.5, 0.6) is 0 Å². The highest BCUT2D eigenvalue weighted by atomic mass is 32.1. The van der Waals surface area contributed by atoms with Crippen molar-refractivity contribution in [1.82, 2.24) is 4.98 Å². The molecule has 0 amide bonds. The minimum Gasteiger partial charge on any atom is -0.394 e. The monoisotopic (exact) mass is 262 g/mol. The van der Waals surface area contributed by atoms with Crippen molar-refractivity contribution >= 4 is 11.3 Å². The summed E-state index contributed by atoms with van der Waals surface area (Å²) < 4.78 is 0. The average molecular weight is 262 g/mol. The molecule has 96 valence electrons. The topological polar surface area (TPSA) is 59.1 Å². The fourth-order valence-corrected chi connectivity index (χ4v) is 2.89. The van der Waals surface area contributed by atoms with E-state index in [4.69, 9.17) is 10.8 Å². The van der Waals surface area contributed by atoms with Crippen LogP contribution in [0.2, 0.25) is 0 Å². The first-order valence-corrected chi connectivity index (χ1v) is 6.76. The molecule has 3 nitrogen and oxygen atoms in total. The number of thiazole rings is 1. The van der Waals surface area contributed by atoms with E-state index in [9.17, 15) is 0 Å². The standard InChI is InChI=1S/C14H18N2OS/c1-8-4-5-11(6-9(8)2)14-16-10(3)13(18-14)12(15)7-17/h4-6,12,17H,7,15H2,1-3H3. The van der Waals surface area contributed by atoms with Crippen molar-refractivity contribution in [3.05, 3.63) is 39.9 Å². The Bertz CT molecular complexity index is 563. The first kappa shape index (κ1) is 13.2. The van der Waals surface area contributed by atoms with Gasteiger partial charge in [-0.2, -0.15) is 0 Å². The molecule has 0 aliphatic rings. The smallest absolute Gasteiger partial charge is 0.123 e. The quantitative estimate of drug-likeness (QED) is 0.894. The lowest BCUT2D eigenvalue weighted by Gasteiger charge is -2.04. The van der Waals surface area contributed by atoms with Gasteiger partial charge in [-0.3, -0.25) is 0 Å². The van der Waals surface area contributed by atoms with Crippen LogP contribution in [0.15, 0.2) is 18.2 Å². The second kappa shape index (κ2) is 5.18. The van der Waals surface area contributed by atoms with E-state index in [1.165, 1.54) is 11.1 Å². The van der Waals surface area contributed by atoms with E-state index in [2.05, 4.69) is 37.0 Å². The lowest BCUT2D eigenvalue weighted by Crippen LogP contribution is -2.13. The first-order valence-electron chi connectivity index (χ1n) is 5.94. The molecule has 0 aliphatic carbocycles. The maximum absolute atomic E-state index is 9.13. The number of benzene rings is 1. The molecule has 1 atom stereocenters. The molecule has 0 saturated carbocycles. The molecule has 2 rings (SSSR count). The van der Waals surface area contributed by atoms with Crippen molar-refractivity contribution in [2.45, 2.75) is 26.8 Å². The van der Waals surface area contributed by atoms with E-state index >= 15 is 0 Å². The van der Waals surface area contributed by atoms with Gasteiger partial charge in [-0.15, -0.1) is 11.3 Å². The van der Waals surface area contributed by atoms with Crippen LogP contribution in [0.3, 0.4) is 0 Å². The van der Waals surface area contributed by atoms with Gasteiger partial charge in [0.2, 0.25) is 0 Å². The largest absolute Gasteiger partial charge is 0.394 e. The van der Waals surface area contributed by atoms with Gasteiger partial charge < -0.3 is 10.8 Å². The van der Waals surface area contributed by atoms with Crippen molar-refractivity contribution < 1.29 is 5.11 Å². The normalized spacial score (nSPS) is 12.7. The zero-order chi connectivity index (χ0) is 13.3. The fourth-order valence-electron chi connectivity index (χ4n) is 1.83. The minimum atomic E-state index is -0.331. The second-order valence-electron chi connectivity index (χ2n) is 4.56. The van der Waals surface area contributed by atoms with Gasteiger partial charge in [0.15, 0.2) is 0 Å². The van der Waals surface area contributed by atoms with Gasteiger partial charge >= 0.3 is 0 Å². The fraction of sp³-hybridized carbons (Fsp3) is 0.357. The molecule has 18 heavy (non-hydrogen) atoms. The Morgan fingerprint density at radius 2 is 2.00 bits per heavy atom. The molecule has 2 aromatic rings. The molecule has 0 fully saturated rings. The number of aromatic nitrogens is 1. The molecular formula is C14H18N2OS. The molecule has 1 aromatic heterocycles. The van der Waals surface area contributed by atoms with E-state index in [0.29, 0.717) is 0 Å². The summed E-state index contributed by atoms with van der Waals surface area (Å²) in [7, 11) is 0. The third-order valence-corrected chi connectivity index (χ3v) is 4.46. The number of hydrogen-bond acceptors (Lipinski definition) is 4. The zero-order valence-corrected chi connectivity index (χ0v) is 11.7. The summed E-state index contributed by atoms with van der Waals surface area (Å²) >= 11 is 1.56. The number of aliphatic hydroxyl groups excluding tert-OH is 1. The van der Waals surface area contributed by atoms with Crippen LogP contribution in [-0.4, -0.2) is 16.7 Å². The lowest BCUT2D eigenvalue weighted by molar-refractivity contribution is 0.269. The number of hydrogen-bond donors (Lipinski definition) is 2. The summed E-state index contributed by atoms with van der Waals surface area (Å²) in [6.45, 7) is 6.08. The van der Waals surface area contributed by atoms with E-state index in [1.54, 1.807) is 11.3 Å². The molecule has 0 spiro atoms. The Hall–Kier alpha value is -1.23. The van der Waals surface area contributed by atoms with Gasteiger partial charge in [0.1, 0.15) is 5.01 Å².